The Morgan fingerprint density at radius 3 is 2.05 bits per heavy atom. The Morgan fingerprint density at radius 2 is 1.81 bits per heavy atom. The van der Waals surface area contributed by atoms with E-state index < -0.39 is 30.3 Å². The first-order chi connectivity index (χ1) is 9.26. The second-order valence-corrected chi connectivity index (χ2v) is 4.74. The second-order valence-electron chi connectivity index (χ2n) is 4.74. The van der Waals surface area contributed by atoms with Gasteiger partial charge in [-0.2, -0.15) is 0 Å². The number of pyridine rings is 1. The summed E-state index contributed by atoms with van der Waals surface area (Å²) in [4.78, 5) is 25.2. The quantitative estimate of drug-likeness (QED) is 0.712. The van der Waals surface area contributed by atoms with Crippen molar-refractivity contribution in [2.24, 2.45) is 0 Å². The van der Waals surface area contributed by atoms with Crippen molar-refractivity contribution in [2.45, 2.75) is 32.4 Å². The minimum Gasteiger partial charge on any atom is -1.00 e. The van der Waals surface area contributed by atoms with Gasteiger partial charge in [-0.1, -0.05) is 6.07 Å². The summed E-state index contributed by atoms with van der Waals surface area (Å²) in [6.45, 7) is 4.29. The number of nitrogens with one attached hydrogen (secondary N) is 1. The molecule has 116 valence electrons. The molecule has 0 spiro atoms. The molecule has 1 rings (SSSR count). The first-order valence-corrected chi connectivity index (χ1v) is 5.94. The molecule has 1 atom stereocenters. The number of hydrogen-bond donors (Lipinski definition) is 3. The molecular weight excluding hydrogens is 304 g/mol. The Hall–Kier alpha value is -0.890. The van der Waals surface area contributed by atoms with Crippen LogP contribution in [0.1, 0.15) is 23.6 Å². The van der Waals surface area contributed by atoms with Crippen molar-refractivity contribution in [3.05, 3.63) is 30.6 Å². The summed E-state index contributed by atoms with van der Waals surface area (Å²) in [6.07, 6.45) is 2.64. The minimum atomic E-state index is -1.33. The van der Waals surface area contributed by atoms with Gasteiger partial charge in [0.25, 0.3) is 0 Å². The van der Waals surface area contributed by atoms with Gasteiger partial charge in [-0.3, -0.25) is 4.98 Å². The number of aliphatic carboxylic acids is 1. The van der Waals surface area contributed by atoms with Gasteiger partial charge in [-0.25, -0.2) is 9.59 Å². The number of carboxylic acids is 1. The smallest absolute Gasteiger partial charge is 1.00 e. The SMILES string of the molecule is CC(C)(C)OC(=O)NC(CO)C(=O)O.[Ca+2].[H-].[H-].c1ccncc1. The fourth-order valence-corrected chi connectivity index (χ4v) is 0.948. The zero-order chi connectivity index (χ0) is 15.6. The molecule has 0 radical (unpaired) electrons. The molecule has 1 aromatic heterocycles. The molecule has 1 aromatic rings. The van der Waals surface area contributed by atoms with Gasteiger partial charge >= 0.3 is 49.8 Å². The first kappa shape index (κ1) is 22.4. The van der Waals surface area contributed by atoms with Crippen molar-refractivity contribution >= 4 is 49.8 Å². The van der Waals surface area contributed by atoms with Gasteiger partial charge in [0.15, 0.2) is 6.04 Å². The van der Waals surface area contributed by atoms with Crippen LogP contribution in [0.15, 0.2) is 30.6 Å². The first-order valence-electron chi connectivity index (χ1n) is 5.94. The van der Waals surface area contributed by atoms with Crippen molar-refractivity contribution in [3.8, 4) is 0 Å². The third kappa shape index (κ3) is 13.8. The number of aliphatic hydroxyl groups is 1. The van der Waals surface area contributed by atoms with E-state index in [1.165, 1.54) is 0 Å². The molecule has 0 saturated heterocycles. The molecule has 8 heteroatoms. The molecule has 0 bridgehead atoms. The van der Waals surface area contributed by atoms with E-state index in [1.54, 1.807) is 33.2 Å². The van der Waals surface area contributed by atoms with Gasteiger partial charge in [0, 0.05) is 12.4 Å². The second kappa shape index (κ2) is 11.7. The van der Waals surface area contributed by atoms with Crippen LogP contribution in [0.3, 0.4) is 0 Å². The standard InChI is InChI=1S/C8H15NO5.C5H5N.Ca.2H/c1-8(2,3)14-7(13)9-5(4-10)6(11)12;1-2-4-6-5-3-1;;;/h5,10H,4H2,1-3H3,(H,9,13)(H,11,12);1-5H;;;/q;;+2;2*-1. The number of carboxylic acid groups (broad SMARTS) is 1. The monoisotopic (exact) mass is 326 g/mol. The number of amides is 1. The van der Waals surface area contributed by atoms with Gasteiger partial charge in [-0.15, -0.1) is 0 Å². The predicted octanol–water partition coefficient (Wildman–Crippen LogP) is 0.882. The minimum absolute atomic E-state index is 0. The van der Waals surface area contributed by atoms with Gasteiger partial charge < -0.3 is 23.1 Å². The van der Waals surface area contributed by atoms with Crippen molar-refractivity contribution in [1.82, 2.24) is 10.3 Å². The molecule has 3 N–H and O–H groups in total. The number of aliphatic hydroxyl groups excluding tert-OH is 1. The Labute approximate surface area is 156 Å². The van der Waals surface area contributed by atoms with Crippen LogP contribution in [0.25, 0.3) is 0 Å². The number of nitrogens with zero attached hydrogens (tertiary/aromatic N) is 1. The fraction of sp³-hybridized carbons (Fsp3) is 0.462. The van der Waals surface area contributed by atoms with E-state index >= 15 is 0 Å². The molecule has 7 nitrogen and oxygen atoms in total. The van der Waals surface area contributed by atoms with Crippen LogP contribution in [0.2, 0.25) is 0 Å². The summed E-state index contributed by atoms with van der Waals surface area (Å²) in [7, 11) is 0. The molecule has 1 amide bonds. The number of carbonyl (C=O) groups is 2. The van der Waals surface area contributed by atoms with E-state index in [0.717, 1.165) is 0 Å². The van der Waals surface area contributed by atoms with Crippen LogP contribution in [0, 0.1) is 0 Å². The number of rotatable bonds is 3. The van der Waals surface area contributed by atoms with Crippen LogP contribution in [-0.4, -0.2) is 83.2 Å². The number of ether oxygens (including phenoxy) is 1. The average molecular weight is 326 g/mol. The Bertz CT molecular complexity index is 392. The van der Waals surface area contributed by atoms with E-state index in [2.05, 4.69) is 4.98 Å². The van der Waals surface area contributed by atoms with Crippen LogP contribution in [-0.2, 0) is 9.53 Å². The summed E-state index contributed by atoms with van der Waals surface area (Å²) >= 11 is 0. The van der Waals surface area contributed by atoms with Crippen molar-refractivity contribution < 1.29 is 27.4 Å². The third-order valence-corrected chi connectivity index (χ3v) is 1.74. The number of alkyl carbamates (subject to hydrolysis) is 1. The zero-order valence-corrected chi connectivity index (χ0v) is 14.7. The Balaban J connectivity index is -0.000000171. The molecule has 0 aromatic carbocycles. The maximum absolute atomic E-state index is 11.0. The summed E-state index contributed by atoms with van der Waals surface area (Å²) in [5, 5.41) is 19.1. The Morgan fingerprint density at radius 1 is 1.29 bits per heavy atom. The molecule has 0 aliphatic carbocycles. The van der Waals surface area contributed by atoms with Crippen molar-refractivity contribution in [2.75, 3.05) is 6.61 Å². The normalized spacial score (nSPS) is 11.0. The molecule has 0 saturated carbocycles. The van der Waals surface area contributed by atoms with E-state index in [9.17, 15) is 9.59 Å². The average Bonchev–Trinajstić information content (AvgIpc) is 2.36. The third-order valence-electron chi connectivity index (χ3n) is 1.74. The van der Waals surface area contributed by atoms with Crippen molar-refractivity contribution in [3.63, 3.8) is 0 Å². The van der Waals surface area contributed by atoms with Crippen LogP contribution < -0.4 is 5.32 Å². The van der Waals surface area contributed by atoms with Crippen LogP contribution >= 0.6 is 0 Å². The zero-order valence-electron chi connectivity index (χ0n) is 14.4. The summed E-state index contributed by atoms with van der Waals surface area (Å²) in [5.41, 5.74) is -0.692. The molecule has 0 fully saturated rings. The molecule has 1 heterocycles. The van der Waals surface area contributed by atoms with Gasteiger partial charge in [0.1, 0.15) is 5.60 Å². The van der Waals surface area contributed by atoms with Crippen LogP contribution in [0.4, 0.5) is 4.79 Å². The van der Waals surface area contributed by atoms with E-state index in [0.29, 0.717) is 0 Å². The van der Waals surface area contributed by atoms with Gasteiger partial charge in [-0.05, 0) is 32.9 Å². The van der Waals surface area contributed by atoms with E-state index in [-0.39, 0.29) is 40.6 Å². The van der Waals surface area contributed by atoms with Crippen LogP contribution in [0.5, 0.6) is 0 Å². The van der Waals surface area contributed by atoms with Crippen molar-refractivity contribution in [1.29, 1.82) is 0 Å². The molecular formula is C13H22CaN2O5. The maximum atomic E-state index is 11.0. The molecule has 21 heavy (non-hydrogen) atoms. The van der Waals surface area contributed by atoms with Gasteiger partial charge in [0.05, 0.1) is 6.61 Å². The van der Waals surface area contributed by atoms with E-state index in [4.69, 9.17) is 14.9 Å². The predicted molar refractivity (Wildman–Crippen MR) is 80.1 cm³/mol. The Kier molecular flexibility index (Phi) is 12.5. The molecule has 1 unspecified atom stereocenters. The molecule has 0 aliphatic rings. The molecule has 0 aliphatic heterocycles. The number of carbonyl (C=O) groups excluding carboxylic acids is 1. The topological polar surface area (TPSA) is 109 Å². The summed E-state index contributed by atoms with van der Waals surface area (Å²) in [5.74, 6) is -1.31. The number of hydrogen-bond acceptors (Lipinski definition) is 5. The largest absolute Gasteiger partial charge is 2.00 e. The fourth-order valence-electron chi connectivity index (χ4n) is 0.948. The van der Waals surface area contributed by atoms with E-state index in [1.807, 2.05) is 23.5 Å². The summed E-state index contributed by atoms with van der Waals surface area (Å²) < 4.78 is 4.80. The van der Waals surface area contributed by atoms with Gasteiger partial charge in [0.2, 0.25) is 0 Å². The maximum Gasteiger partial charge on any atom is 2.00 e. The number of aromatic nitrogens is 1. The summed E-state index contributed by atoms with van der Waals surface area (Å²) in [6, 6.07) is 4.39.